The van der Waals surface area contributed by atoms with Gasteiger partial charge in [0.2, 0.25) is 5.91 Å². The molecule has 0 spiro atoms. The lowest BCUT2D eigenvalue weighted by Gasteiger charge is -2.07. The van der Waals surface area contributed by atoms with Crippen molar-refractivity contribution in [2.75, 3.05) is 19.8 Å². The first kappa shape index (κ1) is 20.2. The average Bonchev–Trinajstić information content (AvgIpc) is 2.40. The Morgan fingerprint density at radius 2 is 1.57 bits per heavy atom. The molecule has 0 aliphatic carbocycles. The second-order valence-corrected chi connectivity index (χ2v) is 4.95. The summed E-state index contributed by atoms with van der Waals surface area (Å²) in [5.41, 5.74) is 0. The van der Waals surface area contributed by atoms with Crippen molar-refractivity contribution >= 4 is 5.91 Å². The molecule has 0 aromatic carbocycles. The number of ether oxygens (including phenoxy) is 1. The van der Waals surface area contributed by atoms with Crippen molar-refractivity contribution in [3.8, 4) is 0 Å². The Labute approximate surface area is 124 Å². The van der Waals surface area contributed by atoms with Crippen LogP contribution in [-0.2, 0) is 9.53 Å². The summed E-state index contributed by atoms with van der Waals surface area (Å²) in [5.74, 6) is -0.0105. The van der Waals surface area contributed by atoms with Gasteiger partial charge in [-0.05, 0) is 25.7 Å². The Balaban J connectivity index is 3.23. The van der Waals surface area contributed by atoms with Crippen LogP contribution in [0.25, 0.3) is 0 Å². The highest BCUT2D eigenvalue weighted by Crippen LogP contribution is 2.16. The number of carbonyl (C=O) groups excluding carboxylic acids is 1. The van der Waals surface area contributed by atoms with Gasteiger partial charge in [0.25, 0.3) is 0 Å². The number of hydrogen-bond acceptors (Lipinski definition) is 3. The third-order valence-corrected chi connectivity index (χ3v) is 2.97. The maximum Gasteiger partial charge on any atom is 0.522 e. The van der Waals surface area contributed by atoms with Crippen LogP contribution in [0.5, 0.6) is 0 Å². The zero-order valence-electron chi connectivity index (χ0n) is 12.4. The maximum absolute atomic E-state index is 11.7. The summed E-state index contributed by atoms with van der Waals surface area (Å²) in [6, 6.07) is 0. The fourth-order valence-corrected chi connectivity index (χ4v) is 1.84. The number of aliphatic hydroxyl groups is 1. The van der Waals surface area contributed by atoms with Crippen molar-refractivity contribution in [3.63, 3.8) is 0 Å². The largest absolute Gasteiger partial charge is 0.522 e. The molecule has 0 saturated heterocycles. The topological polar surface area (TPSA) is 58.6 Å². The van der Waals surface area contributed by atoms with E-state index in [2.05, 4.69) is 10.1 Å². The van der Waals surface area contributed by atoms with Crippen molar-refractivity contribution in [2.24, 2.45) is 0 Å². The van der Waals surface area contributed by atoms with E-state index in [1.165, 1.54) is 0 Å². The molecule has 7 heteroatoms. The van der Waals surface area contributed by atoms with Crippen LogP contribution in [0.2, 0.25) is 0 Å². The predicted molar refractivity (Wildman–Crippen MR) is 73.7 cm³/mol. The minimum Gasteiger partial charge on any atom is -0.396 e. The Morgan fingerprint density at radius 1 is 0.952 bits per heavy atom. The Morgan fingerprint density at radius 3 is 2.24 bits per heavy atom. The van der Waals surface area contributed by atoms with Crippen molar-refractivity contribution in [1.29, 1.82) is 0 Å². The number of unbranched alkanes of at least 4 members (excludes halogenated alkanes) is 6. The van der Waals surface area contributed by atoms with Gasteiger partial charge >= 0.3 is 6.36 Å². The molecule has 126 valence electrons. The predicted octanol–water partition coefficient (Wildman–Crippen LogP) is 3.14. The summed E-state index contributed by atoms with van der Waals surface area (Å²) >= 11 is 0. The second-order valence-electron chi connectivity index (χ2n) is 4.95. The number of halogens is 3. The highest BCUT2D eigenvalue weighted by atomic mass is 19.4. The fourth-order valence-electron chi connectivity index (χ4n) is 1.84. The number of alkyl halides is 3. The van der Waals surface area contributed by atoms with Gasteiger partial charge in [0.1, 0.15) is 0 Å². The van der Waals surface area contributed by atoms with Crippen LogP contribution in [0.3, 0.4) is 0 Å². The van der Waals surface area contributed by atoms with Gasteiger partial charge in [0.15, 0.2) is 0 Å². The molecule has 0 aliphatic heterocycles. The lowest BCUT2D eigenvalue weighted by atomic mass is 10.1. The summed E-state index contributed by atoms with van der Waals surface area (Å²) in [6.07, 6.45) is 1.91. The molecule has 0 atom stereocenters. The maximum atomic E-state index is 11.7. The van der Waals surface area contributed by atoms with E-state index in [4.69, 9.17) is 5.11 Å². The van der Waals surface area contributed by atoms with E-state index >= 15 is 0 Å². The summed E-state index contributed by atoms with van der Waals surface area (Å²) in [6.45, 7) is 0.535. The molecule has 0 saturated carbocycles. The molecule has 2 N–H and O–H groups in total. The Hall–Kier alpha value is -0.820. The highest BCUT2D eigenvalue weighted by molar-refractivity contribution is 5.75. The van der Waals surface area contributed by atoms with E-state index in [1.807, 2.05) is 0 Å². The second kappa shape index (κ2) is 12.9. The van der Waals surface area contributed by atoms with Crippen LogP contribution in [-0.4, -0.2) is 37.1 Å². The van der Waals surface area contributed by atoms with Gasteiger partial charge in [-0.15, -0.1) is 13.2 Å². The van der Waals surface area contributed by atoms with Gasteiger partial charge in [0, 0.05) is 19.6 Å². The van der Waals surface area contributed by atoms with Gasteiger partial charge in [-0.25, -0.2) is 0 Å². The lowest BCUT2D eigenvalue weighted by Crippen LogP contribution is -2.23. The first-order chi connectivity index (χ1) is 9.95. The van der Waals surface area contributed by atoms with E-state index in [0.717, 1.165) is 32.1 Å². The highest BCUT2D eigenvalue weighted by Gasteiger charge is 2.28. The molecule has 0 heterocycles. The molecule has 0 aromatic rings. The van der Waals surface area contributed by atoms with Gasteiger partial charge in [-0.3, -0.25) is 9.53 Å². The molecular weight excluding hydrogens is 287 g/mol. The van der Waals surface area contributed by atoms with Gasteiger partial charge in [-0.1, -0.05) is 25.7 Å². The molecule has 0 bridgehead atoms. The van der Waals surface area contributed by atoms with Crippen LogP contribution >= 0.6 is 0 Å². The summed E-state index contributed by atoms with van der Waals surface area (Å²) in [7, 11) is 0. The van der Waals surface area contributed by atoms with Crippen LogP contribution in [0.4, 0.5) is 13.2 Å². The minimum atomic E-state index is -4.54. The zero-order chi connectivity index (χ0) is 16.0. The number of hydrogen-bond donors (Lipinski definition) is 2. The standard InChI is InChI=1S/C14H26F3NO3/c15-14(16,17)21-12-8-4-1-5-9-13(20)18-10-6-2-3-7-11-19/h19H,1-12H2,(H,18,20). The van der Waals surface area contributed by atoms with Crippen molar-refractivity contribution in [2.45, 2.75) is 64.1 Å². The molecule has 4 nitrogen and oxygen atoms in total. The lowest BCUT2D eigenvalue weighted by molar-refractivity contribution is -0.324. The van der Waals surface area contributed by atoms with E-state index in [0.29, 0.717) is 32.2 Å². The summed E-state index contributed by atoms with van der Waals surface area (Å²) < 4.78 is 38.7. The molecule has 0 aliphatic rings. The Bertz CT molecular complexity index is 260. The molecular formula is C14H26F3NO3. The monoisotopic (exact) mass is 313 g/mol. The smallest absolute Gasteiger partial charge is 0.396 e. The van der Waals surface area contributed by atoms with Crippen LogP contribution < -0.4 is 5.32 Å². The number of amides is 1. The Kier molecular flexibility index (Phi) is 12.4. The number of rotatable bonds is 13. The molecule has 0 unspecified atom stereocenters. The number of carbonyl (C=O) groups is 1. The molecule has 0 fully saturated rings. The SMILES string of the molecule is O=C(CCCCCCOC(F)(F)F)NCCCCCCO. The van der Waals surface area contributed by atoms with Crippen LogP contribution in [0.15, 0.2) is 0 Å². The normalized spacial score (nSPS) is 11.6. The molecule has 1 amide bonds. The molecule has 0 radical (unpaired) electrons. The van der Waals surface area contributed by atoms with Gasteiger partial charge < -0.3 is 10.4 Å². The van der Waals surface area contributed by atoms with E-state index in [-0.39, 0.29) is 19.1 Å². The van der Waals surface area contributed by atoms with Crippen LogP contribution in [0.1, 0.15) is 57.8 Å². The average molecular weight is 313 g/mol. The number of nitrogens with one attached hydrogen (secondary N) is 1. The fraction of sp³-hybridized carbons (Fsp3) is 0.929. The summed E-state index contributed by atoms with van der Waals surface area (Å²) in [5, 5.41) is 11.4. The zero-order valence-corrected chi connectivity index (χ0v) is 12.4. The first-order valence-electron chi connectivity index (χ1n) is 7.54. The van der Waals surface area contributed by atoms with Gasteiger partial charge in [0.05, 0.1) is 6.61 Å². The van der Waals surface area contributed by atoms with E-state index < -0.39 is 6.36 Å². The van der Waals surface area contributed by atoms with Crippen molar-refractivity contribution < 1.29 is 27.8 Å². The first-order valence-corrected chi connectivity index (χ1v) is 7.54. The molecule has 0 aromatic heterocycles. The quantitative estimate of drug-likeness (QED) is 0.514. The molecule has 0 rings (SSSR count). The molecule has 21 heavy (non-hydrogen) atoms. The summed E-state index contributed by atoms with van der Waals surface area (Å²) in [4.78, 5) is 11.4. The van der Waals surface area contributed by atoms with Crippen molar-refractivity contribution in [3.05, 3.63) is 0 Å². The third-order valence-electron chi connectivity index (χ3n) is 2.97. The minimum absolute atomic E-state index is 0.0105. The van der Waals surface area contributed by atoms with Crippen LogP contribution in [0, 0.1) is 0 Å². The van der Waals surface area contributed by atoms with Gasteiger partial charge in [-0.2, -0.15) is 0 Å². The van der Waals surface area contributed by atoms with Crippen molar-refractivity contribution in [1.82, 2.24) is 5.32 Å². The van der Waals surface area contributed by atoms with E-state index in [1.54, 1.807) is 0 Å². The number of aliphatic hydroxyl groups excluding tert-OH is 1. The third kappa shape index (κ3) is 17.1. The van der Waals surface area contributed by atoms with E-state index in [9.17, 15) is 18.0 Å².